The summed E-state index contributed by atoms with van der Waals surface area (Å²) in [6, 6.07) is 21.7. The molecule has 0 amide bonds. The molecule has 0 spiro atoms. The molecule has 0 bridgehead atoms. The minimum absolute atomic E-state index is 1.30. The second-order valence-electron chi connectivity index (χ2n) is 6.10. The maximum absolute atomic E-state index is 3.34. The van der Waals surface area contributed by atoms with Crippen LogP contribution in [0.15, 0.2) is 60.7 Å². The summed E-state index contributed by atoms with van der Waals surface area (Å²) in [5.41, 5.74) is 5.48. The van der Waals surface area contributed by atoms with Gasteiger partial charge in [0, 0.05) is 0 Å². The Labute approximate surface area is 160 Å². The SMILES string of the molecule is Cc1ccc(C)c2[cH-]ccc12.Cc1ccc(C)c2[cH-]ccc12.[CH2]=[Zr+2]. The van der Waals surface area contributed by atoms with E-state index in [1.807, 2.05) is 0 Å². The Hall–Kier alpha value is -1.59. The fourth-order valence-electron chi connectivity index (χ4n) is 3.07. The molecule has 0 aliphatic heterocycles. The van der Waals surface area contributed by atoms with Gasteiger partial charge in [-0.15, -0.1) is 56.9 Å². The molecule has 0 aliphatic carbocycles. The van der Waals surface area contributed by atoms with Crippen molar-refractivity contribution in [1.82, 2.24) is 0 Å². The van der Waals surface area contributed by atoms with Gasteiger partial charge in [-0.3, -0.25) is 0 Å². The van der Waals surface area contributed by atoms with E-state index in [4.69, 9.17) is 0 Å². The van der Waals surface area contributed by atoms with Gasteiger partial charge < -0.3 is 0 Å². The predicted molar refractivity (Wildman–Crippen MR) is 105 cm³/mol. The molecule has 0 saturated heterocycles. The third-order valence-electron chi connectivity index (χ3n) is 4.50. The maximum atomic E-state index is 3.34. The van der Waals surface area contributed by atoms with Crippen LogP contribution in [0.5, 0.6) is 0 Å². The number of hydrogen-bond donors (Lipinski definition) is 0. The first-order valence-electron chi connectivity index (χ1n) is 8.16. The molecule has 120 valence electrons. The van der Waals surface area contributed by atoms with E-state index in [1.54, 1.807) is 0 Å². The molecule has 0 nitrogen and oxygen atoms in total. The van der Waals surface area contributed by atoms with Crippen LogP contribution in [0.3, 0.4) is 0 Å². The fourth-order valence-corrected chi connectivity index (χ4v) is 3.07. The number of hydrogen-bond acceptors (Lipinski definition) is 0. The van der Waals surface area contributed by atoms with Gasteiger partial charge in [0.2, 0.25) is 0 Å². The van der Waals surface area contributed by atoms with Gasteiger partial charge in [0.05, 0.1) is 0 Å². The van der Waals surface area contributed by atoms with Gasteiger partial charge >= 0.3 is 28.4 Å². The van der Waals surface area contributed by atoms with Gasteiger partial charge in [-0.25, -0.2) is 0 Å². The monoisotopic (exact) mass is 390 g/mol. The Kier molecular flexibility index (Phi) is 6.63. The van der Waals surface area contributed by atoms with Crippen LogP contribution in [0.1, 0.15) is 22.3 Å². The van der Waals surface area contributed by atoms with Crippen LogP contribution in [-0.4, -0.2) is 4.21 Å². The van der Waals surface area contributed by atoms with Gasteiger partial charge in [-0.1, -0.05) is 37.1 Å². The van der Waals surface area contributed by atoms with Gasteiger partial charge in [0.1, 0.15) is 0 Å². The Morgan fingerprint density at radius 1 is 0.583 bits per heavy atom. The first-order valence-corrected chi connectivity index (χ1v) is 9.90. The van der Waals surface area contributed by atoms with E-state index in [9.17, 15) is 0 Å². The van der Waals surface area contributed by atoms with Gasteiger partial charge in [-0.2, -0.15) is 24.3 Å². The van der Waals surface area contributed by atoms with Crippen molar-refractivity contribution in [3.05, 3.63) is 82.9 Å². The van der Waals surface area contributed by atoms with Gasteiger partial charge in [-0.05, 0) is 13.8 Å². The Bertz CT molecular complexity index is 787. The van der Waals surface area contributed by atoms with Crippen LogP contribution in [0.4, 0.5) is 0 Å². The summed E-state index contributed by atoms with van der Waals surface area (Å²) in [6.07, 6.45) is 0. The number of rotatable bonds is 0. The third kappa shape index (κ3) is 3.90. The molecule has 1 heteroatoms. The topological polar surface area (TPSA) is 0 Å². The summed E-state index contributed by atoms with van der Waals surface area (Å²) in [4.78, 5) is 0. The van der Waals surface area contributed by atoms with E-state index >= 15 is 0 Å². The molecule has 4 rings (SSSR count). The summed E-state index contributed by atoms with van der Waals surface area (Å²) < 4.78 is 3.34. The van der Waals surface area contributed by atoms with Crippen LogP contribution in [0, 0.1) is 27.7 Å². The Balaban J connectivity index is 0.000000158. The molecule has 0 atom stereocenters. The van der Waals surface area contributed by atoms with E-state index in [-0.39, 0.29) is 0 Å². The van der Waals surface area contributed by atoms with Crippen LogP contribution in [0.2, 0.25) is 0 Å². The van der Waals surface area contributed by atoms with Crippen LogP contribution >= 0.6 is 0 Å². The minimum atomic E-state index is 1.30. The molecular formula is C23H24Zr. The van der Waals surface area contributed by atoms with Crippen molar-refractivity contribution >= 4 is 25.8 Å². The fraction of sp³-hybridized carbons (Fsp3) is 0.174. The molecule has 4 aromatic rings. The molecule has 0 N–H and O–H groups in total. The molecule has 0 radical (unpaired) electrons. The molecule has 0 unspecified atom stereocenters. The van der Waals surface area contributed by atoms with Crippen molar-refractivity contribution < 1.29 is 24.2 Å². The van der Waals surface area contributed by atoms with Crippen molar-refractivity contribution in [3.8, 4) is 0 Å². The molecule has 0 aromatic heterocycles. The van der Waals surface area contributed by atoms with Gasteiger partial charge in [0.15, 0.2) is 0 Å². The molecule has 0 fully saturated rings. The zero-order valence-electron chi connectivity index (χ0n) is 15.0. The second kappa shape index (κ2) is 8.49. The average Bonchev–Trinajstić information content (AvgIpc) is 3.27. The predicted octanol–water partition coefficient (Wildman–Crippen LogP) is 6.32. The summed E-state index contributed by atoms with van der Waals surface area (Å²) in [7, 11) is 0. The number of benzene rings is 2. The Morgan fingerprint density at radius 3 is 1.25 bits per heavy atom. The van der Waals surface area contributed by atoms with Crippen LogP contribution in [0.25, 0.3) is 21.5 Å². The molecule has 0 aliphatic rings. The summed E-state index contributed by atoms with van der Waals surface area (Å²) >= 11 is 1.30. The quantitative estimate of drug-likeness (QED) is 0.308. The number of fused-ring (bicyclic) bond motifs is 2. The molecular weight excluding hydrogens is 367 g/mol. The van der Waals surface area contributed by atoms with Gasteiger partial charge in [0.25, 0.3) is 0 Å². The van der Waals surface area contributed by atoms with E-state index in [0.717, 1.165) is 0 Å². The standard InChI is InChI=1S/2C11H11.CH2.Zr/c2*1-8-6-7-9(2)11-5-3-4-10(8)11;;/h2*3-7H,1-2H3;1H2;/q2*-1;;+2. The average molecular weight is 392 g/mol. The number of aryl methyl sites for hydroxylation is 4. The zero-order valence-corrected chi connectivity index (χ0v) is 17.4. The van der Waals surface area contributed by atoms with E-state index in [0.29, 0.717) is 0 Å². The van der Waals surface area contributed by atoms with Crippen molar-refractivity contribution in [2.24, 2.45) is 0 Å². The van der Waals surface area contributed by atoms with Crippen molar-refractivity contribution in [2.75, 3.05) is 0 Å². The molecule has 0 heterocycles. The van der Waals surface area contributed by atoms with E-state index < -0.39 is 0 Å². The van der Waals surface area contributed by atoms with E-state index in [1.165, 1.54) is 68.0 Å². The molecule has 24 heavy (non-hydrogen) atoms. The summed E-state index contributed by atoms with van der Waals surface area (Å²) in [5.74, 6) is 0. The van der Waals surface area contributed by atoms with Crippen molar-refractivity contribution in [2.45, 2.75) is 27.7 Å². The third-order valence-corrected chi connectivity index (χ3v) is 4.50. The van der Waals surface area contributed by atoms with Crippen molar-refractivity contribution in [1.29, 1.82) is 0 Å². The molecule has 0 saturated carbocycles. The Morgan fingerprint density at radius 2 is 0.917 bits per heavy atom. The van der Waals surface area contributed by atoms with E-state index in [2.05, 4.69) is 92.6 Å². The zero-order chi connectivity index (χ0) is 17.7. The van der Waals surface area contributed by atoms with Crippen molar-refractivity contribution in [3.63, 3.8) is 0 Å². The first kappa shape index (κ1) is 18.7. The molecule has 4 aromatic carbocycles. The van der Waals surface area contributed by atoms with Crippen LogP contribution in [-0.2, 0) is 24.2 Å². The van der Waals surface area contributed by atoms with Crippen LogP contribution < -0.4 is 0 Å². The normalized spacial score (nSPS) is 10.1. The first-order chi connectivity index (χ1) is 11.6. The summed E-state index contributed by atoms with van der Waals surface area (Å²) in [6.45, 7) is 8.62. The summed E-state index contributed by atoms with van der Waals surface area (Å²) in [5, 5.41) is 5.57. The second-order valence-corrected chi connectivity index (χ2v) is 6.10.